The van der Waals surface area contributed by atoms with Crippen LogP contribution in [0, 0.1) is 0 Å². The van der Waals surface area contributed by atoms with Gasteiger partial charge in [-0.25, -0.2) is 10.9 Å². The highest BCUT2D eigenvalue weighted by Gasteiger charge is 2.36. The molecule has 2 unspecified atom stereocenters. The third-order valence-electron chi connectivity index (χ3n) is 5.97. The van der Waals surface area contributed by atoms with Gasteiger partial charge in [0.2, 0.25) is 5.91 Å². The first kappa shape index (κ1) is 21.3. The van der Waals surface area contributed by atoms with Crippen molar-refractivity contribution < 1.29 is 9.59 Å². The molecule has 4 N–H and O–H groups in total. The topological polar surface area (TPSA) is 88.7 Å². The van der Waals surface area contributed by atoms with Gasteiger partial charge in [-0.2, -0.15) is 5.53 Å². The molecule has 4 rings (SSSR count). The van der Waals surface area contributed by atoms with Gasteiger partial charge in [0.25, 0.3) is 0 Å². The summed E-state index contributed by atoms with van der Waals surface area (Å²) < 4.78 is 0. The van der Waals surface area contributed by atoms with Crippen molar-refractivity contribution in [2.24, 2.45) is 0 Å². The number of amides is 1. The summed E-state index contributed by atoms with van der Waals surface area (Å²) in [5.74, 6) is 0.129. The molecule has 0 aromatic heterocycles. The summed E-state index contributed by atoms with van der Waals surface area (Å²) in [6, 6.07) is 15.5. The second-order valence-corrected chi connectivity index (χ2v) is 7.98. The van der Waals surface area contributed by atoms with Gasteiger partial charge in [0.15, 0.2) is 5.78 Å². The maximum Gasteiger partial charge on any atom is 0.244 e. The number of carbonyl (C=O) groups is 2. The van der Waals surface area contributed by atoms with Crippen LogP contribution in [0.3, 0.4) is 0 Å². The lowest BCUT2D eigenvalue weighted by Crippen LogP contribution is -2.57. The highest BCUT2D eigenvalue weighted by atomic mass is 16.2. The Morgan fingerprint density at radius 2 is 1.65 bits per heavy atom. The summed E-state index contributed by atoms with van der Waals surface area (Å²) >= 11 is 0. The van der Waals surface area contributed by atoms with Crippen molar-refractivity contribution in [3.05, 3.63) is 59.7 Å². The van der Waals surface area contributed by atoms with E-state index in [-0.39, 0.29) is 17.9 Å². The number of nitrogens with one attached hydrogen (secondary N) is 4. The maximum absolute atomic E-state index is 13.2. The van der Waals surface area contributed by atoms with Crippen LogP contribution in [0.1, 0.15) is 29.8 Å². The molecule has 0 bridgehead atoms. The van der Waals surface area contributed by atoms with E-state index in [2.05, 4.69) is 45.7 Å². The molecule has 2 fully saturated rings. The number of rotatable bonds is 6. The molecule has 8 heteroatoms. The number of Topliss-reactive ketones (excluding diaryl/α,β-unsaturated/α-hetero) is 1. The predicted molar refractivity (Wildman–Crippen MR) is 122 cm³/mol. The smallest absolute Gasteiger partial charge is 0.244 e. The minimum absolute atomic E-state index is 0.0618. The Balaban J connectivity index is 1.33. The third-order valence-corrected chi connectivity index (χ3v) is 5.97. The Labute approximate surface area is 182 Å². The average Bonchev–Trinajstić information content (AvgIpc) is 3.27. The molecule has 1 amide bonds. The van der Waals surface area contributed by atoms with E-state index in [1.54, 1.807) is 6.92 Å². The van der Waals surface area contributed by atoms with E-state index in [4.69, 9.17) is 0 Å². The van der Waals surface area contributed by atoms with Crippen molar-refractivity contribution in [3.63, 3.8) is 0 Å². The number of hydrogen-bond donors (Lipinski definition) is 4. The van der Waals surface area contributed by atoms with Crippen LogP contribution in [0.4, 0.5) is 11.4 Å². The van der Waals surface area contributed by atoms with Crippen molar-refractivity contribution in [2.75, 3.05) is 36.4 Å². The van der Waals surface area contributed by atoms with Crippen LogP contribution in [0.15, 0.2) is 48.5 Å². The number of nitrogens with zero attached hydrogens (tertiary/aromatic N) is 2. The molecule has 0 saturated carbocycles. The Morgan fingerprint density at radius 3 is 2.26 bits per heavy atom. The second kappa shape index (κ2) is 9.47. The summed E-state index contributed by atoms with van der Waals surface area (Å²) in [6.07, 6.45) is 0.746. The van der Waals surface area contributed by atoms with Crippen molar-refractivity contribution in [2.45, 2.75) is 32.5 Å². The molecule has 2 atom stereocenters. The Morgan fingerprint density at radius 1 is 0.968 bits per heavy atom. The normalized spacial score (nSPS) is 21.2. The standard InChI is InChI=1S/C23H30N6O2/c1-3-17-4-8-19(9-5-17)24-22-21(25-27-26-22)23(31)29-14-12-28(13-15-29)20-10-6-18(7-11-20)16(2)30/h4-11,21-22,24-27H,3,12-15H2,1-2H3. The molecule has 2 saturated heterocycles. The van der Waals surface area contributed by atoms with E-state index in [9.17, 15) is 9.59 Å². The van der Waals surface area contributed by atoms with Gasteiger partial charge in [0, 0.05) is 43.1 Å². The van der Waals surface area contributed by atoms with Crippen LogP contribution in [0.5, 0.6) is 0 Å². The maximum atomic E-state index is 13.2. The van der Waals surface area contributed by atoms with Crippen LogP contribution in [-0.2, 0) is 11.2 Å². The number of ketones is 1. The van der Waals surface area contributed by atoms with E-state index in [0.717, 1.165) is 30.9 Å². The average molecular weight is 423 g/mol. The second-order valence-electron chi connectivity index (χ2n) is 7.98. The van der Waals surface area contributed by atoms with Gasteiger partial charge in [-0.05, 0) is 55.3 Å². The number of hydrazine groups is 2. The molecule has 2 aliphatic rings. The number of carbonyl (C=O) groups excluding carboxylic acids is 2. The number of hydrogen-bond acceptors (Lipinski definition) is 7. The molecular weight excluding hydrogens is 392 g/mol. The van der Waals surface area contributed by atoms with Crippen LogP contribution in [-0.4, -0.2) is 55.0 Å². The van der Waals surface area contributed by atoms with Crippen LogP contribution < -0.4 is 26.6 Å². The zero-order valence-electron chi connectivity index (χ0n) is 18.0. The van der Waals surface area contributed by atoms with Gasteiger partial charge in [-0.3, -0.25) is 9.59 Å². The molecule has 8 nitrogen and oxygen atoms in total. The minimum atomic E-state index is -0.410. The Kier molecular flexibility index (Phi) is 6.50. The van der Waals surface area contributed by atoms with Crippen LogP contribution in [0.2, 0.25) is 0 Å². The van der Waals surface area contributed by atoms with Gasteiger partial charge in [-0.1, -0.05) is 19.1 Å². The fourth-order valence-corrected chi connectivity index (χ4v) is 3.99. The summed E-state index contributed by atoms with van der Waals surface area (Å²) in [5, 5.41) is 3.39. The predicted octanol–water partition coefficient (Wildman–Crippen LogP) is 1.52. The molecule has 2 aromatic carbocycles. The van der Waals surface area contributed by atoms with Crippen molar-refractivity contribution in [1.29, 1.82) is 0 Å². The summed E-state index contributed by atoms with van der Waals surface area (Å²) in [6.45, 7) is 6.53. The number of piperazine rings is 1. The SMILES string of the molecule is CCc1ccc(NC2NNNC2C(=O)N2CCN(c3ccc(C(C)=O)cc3)CC2)cc1. The van der Waals surface area contributed by atoms with Gasteiger partial charge in [0.05, 0.1) is 0 Å². The zero-order chi connectivity index (χ0) is 21.8. The summed E-state index contributed by atoms with van der Waals surface area (Å²) in [5.41, 5.74) is 13.1. The molecule has 0 spiro atoms. The molecular formula is C23H30N6O2. The molecule has 2 heterocycles. The molecule has 2 aliphatic heterocycles. The molecule has 0 aliphatic carbocycles. The van der Waals surface area contributed by atoms with E-state index in [0.29, 0.717) is 18.7 Å². The van der Waals surface area contributed by atoms with Gasteiger partial charge >= 0.3 is 0 Å². The first-order chi connectivity index (χ1) is 15.0. The molecule has 2 aromatic rings. The van der Waals surface area contributed by atoms with Crippen molar-refractivity contribution in [3.8, 4) is 0 Å². The van der Waals surface area contributed by atoms with Crippen LogP contribution >= 0.6 is 0 Å². The van der Waals surface area contributed by atoms with E-state index >= 15 is 0 Å². The van der Waals surface area contributed by atoms with Gasteiger partial charge in [0.1, 0.15) is 12.2 Å². The lowest BCUT2D eigenvalue weighted by Gasteiger charge is -2.37. The number of aryl methyl sites for hydroxylation is 1. The van der Waals surface area contributed by atoms with Gasteiger partial charge < -0.3 is 15.1 Å². The minimum Gasteiger partial charge on any atom is -0.368 e. The Bertz CT molecular complexity index is 907. The van der Waals surface area contributed by atoms with Crippen molar-refractivity contribution >= 4 is 23.1 Å². The van der Waals surface area contributed by atoms with E-state index in [1.807, 2.05) is 41.3 Å². The lowest BCUT2D eigenvalue weighted by atomic mass is 10.1. The molecule has 164 valence electrons. The van der Waals surface area contributed by atoms with Crippen molar-refractivity contribution in [1.82, 2.24) is 21.3 Å². The highest BCUT2D eigenvalue weighted by molar-refractivity contribution is 5.94. The monoisotopic (exact) mass is 422 g/mol. The molecule has 0 radical (unpaired) electrons. The lowest BCUT2D eigenvalue weighted by molar-refractivity contribution is -0.133. The highest BCUT2D eigenvalue weighted by Crippen LogP contribution is 2.19. The third kappa shape index (κ3) is 4.87. The van der Waals surface area contributed by atoms with E-state index in [1.165, 1.54) is 5.56 Å². The largest absolute Gasteiger partial charge is 0.368 e. The summed E-state index contributed by atoms with van der Waals surface area (Å²) in [7, 11) is 0. The van der Waals surface area contributed by atoms with Gasteiger partial charge in [-0.15, -0.1) is 0 Å². The van der Waals surface area contributed by atoms with E-state index < -0.39 is 6.04 Å². The number of benzene rings is 2. The first-order valence-electron chi connectivity index (χ1n) is 10.8. The first-order valence-corrected chi connectivity index (χ1v) is 10.8. The quantitative estimate of drug-likeness (QED) is 0.525. The van der Waals surface area contributed by atoms with Crippen LogP contribution in [0.25, 0.3) is 0 Å². The zero-order valence-corrected chi connectivity index (χ0v) is 18.0. The Hall–Kier alpha value is -2.94. The fraction of sp³-hybridized carbons (Fsp3) is 0.391. The summed E-state index contributed by atoms with van der Waals surface area (Å²) in [4.78, 5) is 28.8. The number of anilines is 2. The molecule has 31 heavy (non-hydrogen) atoms. The fourth-order valence-electron chi connectivity index (χ4n) is 3.99.